The smallest absolute Gasteiger partial charge is 0.328 e. The second-order valence-corrected chi connectivity index (χ2v) is 5.63. The Labute approximate surface area is 121 Å². The highest BCUT2D eigenvalue weighted by atomic mass is 35.5. The summed E-state index contributed by atoms with van der Waals surface area (Å²) in [5.41, 5.74) is 1.73. The molecule has 3 rings (SSSR count). The van der Waals surface area contributed by atoms with Crippen LogP contribution in [0.4, 0.5) is 5.69 Å². The fourth-order valence-corrected chi connectivity index (χ4v) is 3.49. The maximum Gasteiger partial charge on any atom is 0.328 e. The van der Waals surface area contributed by atoms with Crippen molar-refractivity contribution in [2.75, 3.05) is 12.4 Å². The van der Waals surface area contributed by atoms with Crippen LogP contribution in [0.2, 0.25) is 10.0 Å². The van der Waals surface area contributed by atoms with Crippen LogP contribution in [0.25, 0.3) is 0 Å². The average Bonchev–Trinajstić information content (AvgIpc) is 2.90. The number of hydrogen-bond acceptors (Lipinski definition) is 3. The number of methoxy groups -OCH3 is 1. The van der Waals surface area contributed by atoms with Crippen molar-refractivity contribution in [3.8, 4) is 0 Å². The van der Waals surface area contributed by atoms with E-state index in [0.717, 1.165) is 17.7 Å². The third-order valence-electron chi connectivity index (χ3n) is 3.87. The zero-order valence-electron chi connectivity index (χ0n) is 10.3. The fourth-order valence-electron chi connectivity index (χ4n) is 2.99. The van der Waals surface area contributed by atoms with Gasteiger partial charge in [0.25, 0.3) is 0 Å². The second-order valence-electron chi connectivity index (χ2n) is 4.82. The summed E-state index contributed by atoms with van der Waals surface area (Å²) in [5.74, 6) is -0.0112. The van der Waals surface area contributed by atoms with Crippen LogP contribution in [0.15, 0.2) is 24.3 Å². The summed E-state index contributed by atoms with van der Waals surface area (Å²) in [4.78, 5) is 11.9. The molecule has 0 radical (unpaired) electrons. The van der Waals surface area contributed by atoms with Gasteiger partial charge in [0.2, 0.25) is 0 Å². The van der Waals surface area contributed by atoms with E-state index in [1.165, 1.54) is 7.11 Å². The van der Waals surface area contributed by atoms with Gasteiger partial charge < -0.3 is 10.1 Å². The van der Waals surface area contributed by atoms with E-state index in [0.29, 0.717) is 10.0 Å². The topological polar surface area (TPSA) is 38.3 Å². The highest BCUT2D eigenvalue weighted by Gasteiger charge is 2.42. The van der Waals surface area contributed by atoms with Crippen LogP contribution in [-0.2, 0) is 9.53 Å². The molecule has 0 spiro atoms. The molecule has 0 aromatic heterocycles. The van der Waals surface area contributed by atoms with Gasteiger partial charge in [0.05, 0.1) is 17.8 Å². The lowest BCUT2D eigenvalue weighted by molar-refractivity contribution is -0.142. The van der Waals surface area contributed by atoms with Gasteiger partial charge >= 0.3 is 5.97 Å². The van der Waals surface area contributed by atoms with Gasteiger partial charge in [-0.1, -0.05) is 35.4 Å². The molecule has 1 aromatic carbocycles. The van der Waals surface area contributed by atoms with Crippen LogP contribution < -0.4 is 5.32 Å². The van der Waals surface area contributed by atoms with Crippen molar-refractivity contribution < 1.29 is 9.53 Å². The molecule has 0 amide bonds. The number of carbonyl (C=O) groups excluding carboxylic acids is 1. The molecule has 19 heavy (non-hydrogen) atoms. The Morgan fingerprint density at radius 3 is 2.84 bits per heavy atom. The van der Waals surface area contributed by atoms with Crippen molar-refractivity contribution in [3.05, 3.63) is 39.9 Å². The fraction of sp³-hybridized carbons (Fsp3) is 0.357. The summed E-state index contributed by atoms with van der Waals surface area (Å²) in [5, 5.41) is 4.45. The molecule has 5 heteroatoms. The van der Waals surface area contributed by atoms with Gasteiger partial charge in [-0.25, -0.2) is 4.79 Å². The Hall–Kier alpha value is -1.19. The van der Waals surface area contributed by atoms with E-state index >= 15 is 0 Å². The lowest BCUT2D eigenvalue weighted by atomic mass is 9.79. The zero-order chi connectivity index (χ0) is 13.6. The number of halogens is 2. The van der Waals surface area contributed by atoms with E-state index < -0.39 is 0 Å². The Morgan fingerprint density at radius 2 is 2.11 bits per heavy atom. The van der Waals surface area contributed by atoms with Crippen LogP contribution in [0, 0.1) is 5.92 Å². The van der Waals surface area contributed by atoms with Gasteiger partial charge in [-0.15, -0.1) is 0 Å². The molecule has 1 aromatic rings. The summed E-state index contributed by atoms with van der Waals surface area (Å²) < 4.78 is 4.88. The molecule has 3 atom stereocenters. The van der Waals surface area contributed by atoms with E-state index in [9.17, 15) is 4.79 Å². The van der Waals surface area contributed by atoms with Crippen LogP contribution in [0.1, 0.15) is 17.9 Å². The molecule has 0 saturated carbocycles. The molecule has 1 aliphatic carbocycles. The highest BCUT2D eigenvalue weighted by molar-refractivity contribution is 6.36. The van der Waals surface area contributed by atoms with Gasteiger partial charge in [-0.2, -0.15) is 0 Å². The normalized spacial score (nSPS) is 27.4. The molecule has 0 unspecified atom stereocenters. The van der Waals surface area contributed by atoms with Crippen molar-refractivity contribution in [3.63, 3.8) is 0 Å². The maximum absolute atomic E-state index is 11.9. The third-order valence-corrected chi connectivity index (χ3v) is 4.52. The maximum atomic E-state index is 11.9. The molecule has 3 nitrogen and oxygen atoms in total. The van der Waals surface area contributed by atoms with E-state index in [4.69, 9.17) is 27.9 Å². The minimum Gasteiger partial charge on any atom is -0.467 e. The van der Waals surface area contributed by atoms with Crippen LogP contribution >= 0.6 is 23.2 Å². The number of fused-ring (bicyclic) bond motifs is 3. The van der Waals surface area contributed by atoms with Gasteiger partial charge in [0, 0.05) is 22.4 Å². The molecule has 1 N–H and O–H groups in total. The molecule has 1 aliphatic heterocycles. The first-order valence-electron chi connectivity index (χ1n) is 6.12. The summed E-state index contributed by atoms with van der Waals surface area (Å²) in [6.45, 7) is 0. The quantitative estimate of drug-likeness (QED) is 0.635. The summed E-state index contributed by atoms with van der Waals surface area (Å²) in [7, 11) is 1.40. The molecule has 2 aliphatic rings. The van der Waals surface area contributed by atoms with E-state index in [-0.39, 0.29) is 23.8 Å². The van der Waals surface area contributed by atoms with Gasteiger partial charge in [-0.05, 0) is 18.6 Å². The van der Waals surface area contributed by atoms with Gasteiger partial charge in [-0.3, -0.25) is 0 Å². The number of nitrogens with one attached hydrogen (secondary N) is 1. The van der Waals surface area contributed by atoms with Crippen molar-refractivity contribution >= 4 is 34.9 Å². The van der Waals surface area contributed by atoms with Gasteiger partial charge in [0.15, 0.2) is 0 Å². The Morgan fingerprint density at radius 1 is 1.37 bits per heavy atom. The predicted octanol–water partition coefficient (Wildman–Crippen LogP) is 3.62. The van der Waals surface area contributed by atoms with Crippen LogP contribution in [0.5, 0.6) is 0 Å². The lowest BCUT2D eigenvalue weighted by Gasteiger charge is -2.36. The molecular formula is C14H13Cl2NO2. The van der Waals surface area contributed by atoms with E-state index in [1.807, 2.05) is 0 Å². The SMILES string of the molecule is COC(=O)[C@H]1Nc2c(Cl)ccc(Cl)c2[C@H]2C=CC[C@@H]12. The standard InChI is InChI=1S/C14H13Cl2NO2/c1-19-14(18)12-8-4-2-3-7(8)11-9(15)5-6-10(16)13(11)17-12/h2-3,5-8,12,17H,4H2,1H3/t7-,8+,12-/m0/s1. The number of ether oxygens (including phenoxy) is 1. The summed E-state index contributed by atoms with van der Waals surface area (Å²) >= 11 is 12.5. The second kappa shape index (κ2) is 4.73. The molecule has 100 valence electrons. The first-order chi connectivity index (χ1) is 9.13. The van der Waals surface area contributed by atoms with Gasteiger partial charge in [0.1, 0.15) is 6.04 Å². The zero-order valence-corrected chi connectivity index (χ0v) is 11.8. The molecular weight excluding hydrogens is 285 g/mol. The number of benzene rings is 1. The highest BCUT2D eigenvalue weighted by Crippen LogP contribution is 2.49. The van der Waals surface area contributed by atoms with E-state index in [2.05, 4.69) is 17.5 Å². The molecule has 0 fully saturated rings. The van der Waals surface area contributed by atoms with Crippen LogP contribution in [-0.4, -0.2) is 19.1 Å². The first-order valence-corrected chi connectivity index (χ1v) is 6.88. The van der Waals surface area contributed by atoms with Crippen LogP contribution in [0.3, 0.4) is 0 Å². The number of carbonyl (C=O) groups is 1. The Bertz CT molecular complexity index is 571. The van der Waals surface area contributed by atoms with Crippen molar-refractivity contribution in [2.24, 2.45) is 5.92 Å². The largest absolute Gasteiger partial charge is 0.467 e. The number of rotatable bonds is 1. The number of anilines is 1. The number of hydrogen-bond donors (Lipinski definition) is 1. The van der Waals surface area contributed by atoms with Crippen molar-refractivity contribution in [1.82, 2.24) is 0 Å². The Balaban J connectivity index is 2.12. The molecule has 0 saturated heterocycles. The minimum atomic E-state index is -0.381. The molecule has 0 bridgehead atoms. The number of esters is 1. The summed E-state index contributed by atoms with van der Waals surface area (Å²) in [6, 6.07) is 3.16. The first kappa shape index (κ1) is 12.8. The average molecular weight is 298 g/mol. The van der Waals surface area contributed by atoms with Crippen molar-refractivity contribution in [2.45, 2.75) is 18.4 Å². The monoisotopic (exact) mass is 297 g/mol. The summed E-state index contributed by atoms with van der Waals surface area (Å²) in [6.07, 6.45) is 5.02. The lowest BCUT2D eigenvalue weighted by Crippen LogP contribution is -2.42. The Kier molecular flexibility index (Phi) is 3.19. The molecule has 1 heterocycles. The predicted molar refractivity (Wildman–Crippen MR) is 75.9 cm³/mol. The number of allylic oxidation sites excluding steroid dienone is 2. The van der Waals surface area contributed by atoms with Crippen molar-refractivity contribution in [1.29, 1.82) is 0 Å². The van der Waals surface area contributed by atoms with E-state index in [1.54, 1.807) is 12.1 Å². The minimum absolute atomic E-state index is 0.117. The third kappa shape index (κ3) is 1.92.